The van der Waals surface area contributed by atoms with E-state index in [-0.39, 0.29) is 31.1 Å². The summed E-state index contributed by atoms with van der Waals surface area (Å²) in [6, 6.07) is -0.865. The predicted molar refractivity (Wildman–Crippen MR) is 132 cm³/mol. The molecule has 3 heterocycles. The zero-order valence-electron chi connectivity index (χ0n) is 21.5. The molecular weight excluding hydrogens is 448 g/mol. The van der Waals surface area contributed by atoms with Crippen LogP contribution in [0.15, 0.2) is 25.3 Å². The van der Waals surface area contributed by atoms with Gasteiger partial charge in [-0.05, 0) is 46.0 Å². The van der Waals surface area contributed by atoms with Crippen molar-refractivity contribution in [3.63, 3.8) is 0 Å². The molecule has 3 saturated heterocycles. The molecule has 0 aromatic heterocycles. The summed E-state index contributed by atoms with van der Waals surface area (Å²) in [5, 5.41) is 9.08. The second-order valence-corrected chi connectivity index (χ2v) is 10.3. The molecule has 0 radical (unpaired) electrons. The largest absolute Gasteiger partial charge is 0.461 e. The van der Waals surface area contributed by atoms with E-state index in [1.807, 2.05) is 20.8 Å². The van der Waals surface area contributed by atoms with Crippen molar-refractivity contribution in [3.8, 4) is 0 Å². The number of fused-ring (bicyclic) bond motifs is 1. The number of likely N-dealkylation sites (tertiary alicyclic amines) is 1. The standard InChI is InChI=1S/C27H42N2O6/c1-6-15-28(19(4)5)24(32)22-27-14-13-26(8-3,35-27)21(25(33)34-18-7-2)20(27)23(31)29(22)16-11-9-10-12-17-30/h6-7,19-22,30H,1-2,8-18H2,3-5H3/t20-,21-,22?,26+,27?/m0/s1. The maximum absolute atomic E-state index is 14.1. The summed E-state index contributed by atoms with van der Waals surface area (Å²) in [4.78, 5) is 44.7. The van der Waals surface area contributed by atoms with Gasteiger partial charge in [0.05, 0.1) is 11.5 Å². The Kier molecular flexibility index (Phi) is 8.81. The van der Waals surface area contributed by atoms with Crippen LogP contribution in [-0.2, 0) is 23.9 Å². The quantitative estimate of drug-likeness (QED) is 0.229. The lowest BCUT2D eigenvalue weighted by Crippen LogP contribution is -2.57. The molecule has 2 bridgehead atoms. The Bertz CT molecular complexity index is 828. The maximum Gasteiger partial charge on any atom is 0.313 e. The fourth-order valence-corrected chi connectivity index (χ4v) is 6.43. The van der Waals surface area contributed by atoms with E-state index in [2.05, 4.69) is 13.2 Å². The smallest absolute Gasteiger partial charge is 0.313 e. The van der Waals surface area contributed by atoms with Crippen LogP contribution in [0, 0.1) is 11.8 Å². The first-order chi connectivity index (χ1) is 16.7. The van der Waals surface area contributed by atoms with Crippen LogP contribution < -0.4 is 0 Å². The summed E-state index contributed by atoms with van der Waals surface area (Å²) in [6.07, 6.45) is 8.05. The lowest BCUT2D eigenvalue weighted by molar-refractivity contribution is -0.161. The molecule has 1 N–H and O–H groups in total. The Balaban J connectivity index is 2.01. The van der Waals surface area contributed by atoms with Gasteiger partial charge >= 0.3 is 5.97 Å². The molecule has 196 valence electrons. The molecule has 0 aromatic carbocycles. The van der Waals surface area contributed by atoms with Gasteiger partial charge in [-0.15, -0.1) is 6.58 Å². The van der Waals surface area contributed by atoms with Crippen LogP contribution in [0.25, 0.3) is 0 Å². The minimum atomic E-state index is -1.04. The number of nitrogens with zero attached hydrogens (tertiary/aromatic N) is 2. The number of hydrogen-bond donors (Lipinski definition) is 1. The summed E-state index contributed by atoms with van der Waals surface area (Å²) < 4.78 is 12.2. The maximum atomic E-state index is 14.1. The number of carbonyl (C=O) groups excluding carboxylic acids is 3. The van der Waals surface area contributed by atoms with Crippen molar-refractivity contribution in [1.29, 1.82) is 0 Å². The molecule has 3 rings (SSSR count). The van der Waals surface area contributed by atoms with Crippen molar-refractivity contribution in [3.05, 3.63) is 25.3 Å². The van der Waals surface area contributed by atoms with E-state index in [1.54, 1.807) is 15.9 Å². The predicted octanol–water partition coefficient (Wildman–Crippen LogP) is 2.85. The number of esters is 1. The van der Waals surface area contributed by atoms with Gasteiger partial charge in [0.25, 0.3) is 0 Å². The number of ether oxygens (including phenoxy) is 2. The Morgan fingerprint density at radius 3 is 2.54 bits per heavy atom. The topological polar surface area (TPSA) is 96.4 Å². The fraction of sp³-hybridized carbons (Fsp3) is 0.741. The molecule has 35 heavy (non-hydrogen) atoms. The Labute approximate surface area is 209 Å². The van der Waals surface area contributed by atoms with Crippen LogP contribution in [0.1, 0.15) is 65.7 Å². The highest BCUT2D eigenvalue weighted by atomic mass is 16.6. The van der Waals surface area contributed by atoms with Crippen LogP contribution in [0.2, 0.25) is 0 Å². The molecule has 3 aliphatic rings. The minimum Gasteiger partial charge on any atom is -0.461 e. The summed E-state index contributed by atoms with van der Waals surface area (Å²) in [7, 11) is 0. The first-order valence-corrected chi connectivity index (χ1v) is 13.0. The molecule has 3 fully saturated rings. The van der Waals surface area contributed by atoms with Gasteiger partial charge in [-0.25, -0.2) is 0 Å². The lowest BCUT2D eigenvalue weighted by atomic mass is 9.65. The van der Waals surface area contributed by atoms with Gasteiger partial charge in [-0.2, -0.15) is 0 Å². The molecule has 0 aromatic rings. The zero-order chi connectivity index (χ0) is 25.8. The van der Waals surface area contributed by atoms with Crippen LogP contribution in [0.3, 0.4) is 0 Å². The normalized spacial score (nSPS) is 31.1. The molecule has 1 spiro atoms. The number of aliphatic hydroxyl groups excluding tert-OH is 1. The fourth-order valence-electron chi connectivity index (χ4n) is 6.43. The summed E-state index contributed by atoms with van der Waals surface area (Å²) in [6.45, 7) is 14.3. The van der Waals surface area contributed by atoms with E-state index in [4.69, 9.17) is 14.6 Å². The number of amides is 2. The van der Waals surface area contributed by atoms with Gasteiger partial charge in [0, 0.05) is 25.7 Å². The number of hydrogen-bond acceptors (Lipinski definition) is 6. The third kappa shape index (κ3) is 4.67. The Morgan fingerprint density at radius 2 is 1.94 bits per heavy atom. The van der Waals surface area contributed by atoms with Crippen LogP contribution in [-0.4, -0.2) is 82.3 Å². The van der Waals surface area contributed by atoms with E-state index < -0.39 is 35.0 Å². The SMILES string of the molecule is C=CCOC(=O)[C@@H]1[C@H]2C(=O)N(CCCCCCO)C(C(=O)N(CC=C)C(C)C)C23CC[C@@]1(CC)O3. The molecule has 0 aliphatic carbocycles. The minimum absolute atomic E-state index is 0.0699. The van der Waals surface area contributed by atoms with E-state index in [1.165, 1.54) is 6.08 Å². The highest BCUT2D eigenvalue weighted by Gasteiger charge is 2.79. The van der Waals surface area contributed by atoms with Gasteiger partial charge in [0.15, 0.2) is 0 Å². The number of aliphatic hydroxyl groups is 1. The van der Waals surface area contributed by atoms with Crippen LogP contribution in [0.4, 0.5) is 0 Å². The lowest BCUT2D eigenvalue weighted by Gasteiger charge is -2.38. The molecule has 3 aliphatic heterocycles. The van der Waals surface area contributed by atoms with Crippen molar-refractivity contribution < 1.29 is 29.0 Å². The van der Waals surface area contributed by atoms with Gasteiger partial charge in [0.1, 0.15) is 24.2 Å². The average Bonchev–Trinajstić information content (AvgIpc) is 3.44. The second-order valence-electron chi connectivity index (χ2n) is 10.3. The highest BCUT2D eigenvalue weighted by molar-refractivity contribution is 5.98. The molecule has 2 amide bonds. The molecule has 0 saturated carbocycles. The molecule has 2 unspecified atom stereocenters. The zero-order valence-corrected chi connectivity index (χ0v) is 21.5. The monoisotopic (exact) mass is 490 g/mol. The molecule has 8 heteroatoms. The number of unbranched alkanes of at least 4 members (excludes halogenated alkanes) is 3. The van der Waals surface area contributed by atoms with Crippen molar-refractivity contribution in [1.82, 2.24) is 9.80 Å². The van der Waals surface area contributed by atoms with Crippen molar-refractivity contribution in [2.75, 3.05) is 26.3 Å². The van der Waals surface area contributed by atoms with E-state index in [0.717, 1.165) is 12.8 Å². The van der Waals surface area contributed by atoms with Gasteiger partial charge in [0.2, 0.25) is 11.8 Å². The van der Waals surface area contributed by atoms with Crippen molar-refractivity contribution in [2.45, 2.75) is 89.0 Å². The first kappa shape index (κ1) is 27.4. The van der Waals surface area contributed by atoms with Crippen molar-refractivity contribution in [2.24, 2.45) is 11.8 Å². The van der Waals surface area contributed by atoms with Crippen LogP contribution >= 0.6 is 0 Å². The highest BCUT2D eigenvalue weighted by Crippen LogP contribution is 2.64. The number of rotatable bonds is 14. The summed E-state index contributed by atoms with van der Waals surface area (Å²) in [5.74, 6) is -2.27. The van der Waals surface area contributed by atoms with Gasteiger partial charge in [-0.1, -0.05) is 38.5 Å². The Hall–Kier alpha value is -2.19. The summed E-state index contributed by atoms with van der Waals surface area (Å²) >= 11 is 0. The number of carbonyl (C=O) groups is 3. The van der Waals surface area contributed by atoms with E-state index in [0.29, 0.717) is 45.2 Å². The third-order valence-electron chi connectivity index (χ3n) is 8.05. The Morgan fingerprint density at radius 1 is 1.23 bits per heavy atom. The van der Waals surface area contributed by atoms with Gasteiger partial charge in [-0.3, -0.25) is 14.4 Å². The molecule has 8 nitrogen and oxygen atoms in total. The second kappa shape index (κ2) is 11.2. The van der Waals surface area contributed by atoms with Crippen molar-refractivity contribution >= 4 is 17.8 Å². The molecular formula is C27H42N2O6. The average molecular weight is 491 g/mol. The molecule has 5 atom stereocenters. The first-order valence-electron chi connectivity index (χ1n) is 13.0. The third-order valence-corrected chi connectivity index (χ3v) is 8.05. The van der Waals surface area contributed by atoms with E-state index in [9.17, 15) is 14.4 Å². The summed E-state index contributed by atoms with van der Waals surface area (Å²) in [5.41, 5.74) is -1.84. The van der Waals surface area contributed by atoms with E-state index >= 15 is 0 Å². The van der Waals surface area contributed by atoms with Gasteiger partial charge < -0.3 is 24.4 Å². The van der Waals surface area contributed by atoms with Crippen LogP contribution in [0.5, 0.6) is 0 Å².